The summed E-state index contributed by atoms with van der Waals surface area (Å²) in [6.07, 6.45) is 0. The Balaban J connectivity index is 1.92. The smallest absolute Gasteiger partial charge is 0.234 e. The zero-order chi connectivity index (χ0) is 19.6. The van der Waals surface area contributed by atoms with Crippen molar-refractivity contribution in [3.63, 3.8) is 0 Å². The van der Waals surface area contributed by atoms with Crippen LogP contribution in [0.15, 0.2) is 36.4 Å². The van der Waals surface area contributed by atoms with Crippen molar-refractivity contribution >= 4 is 35.0 Å². The van der Waals surface area contributed by atoms with Gasteiger partial charge in [0.15, 0.2) is 11.5 Å². The van der Waals surface area contributed by atoms with Gasteiger partial charge in [0.1, 0.15) is 5.75 Å². The highest BCUT2D eigenvalue weighted by atomic mass is 35.5. The van der Waals surface area contributed by atoms with Gasteiger partial charge in [-0.05, 0) is 44.2 Å². The van der Waals surface area contributed by atoms with Crippen LogP contribution in [0.2, 0.25) is 5.02 Å². The topological polar surface area (TPSA) is 56.8 Å². The van der Waals surface area contributed by atoms with E-state index in [4.69, 9.17) is 25.8 Å². The molecule has 2 rings (SSSR count). The summed E-state index contributed by atoms with van der Waals surface area (Å²) in [5.41, 5.74) is 1.63. The number of ether oxygens (including phenoxy) is 3. The van der Waals surface area contributed by atoms with E-state index in [1.54, 1.807) is 31.4 Å². The van der Waals surface area contributed by atoms with E-state index in [9.17, 15) is 4.79 Å². The average Bonchev–Trinajstić information content (AvgIpc) is 2.64. The quantitative estimate of drug-likeness (QED) is 0.597. The standard InChI is InChI=1S/C20H24ClNO4S/c1-4-25-18-9-7-16(11-19(18)26-5-2)22-20(23)13-27-12-14-10-15(21)6-8-17(14)24-3/h6-11H,4-5,12-13H2,1-3H3,(H,22,23). The van der Waals surface area contributed by atoms with Gasteiger partial charge >= 0.3 is 0 Å². The van der Waals surface area contributed by atoms with E-state index in [1.807, 2.05) is 26.0 Å². The molecule has 0 fully saturated rings. The zero-order valence-corrected chi connectivity index (χ0v) is 17.3. The van der Waals surface area contributed by atoms with E-state index in [-0.39, 0.29) is 5.91 Å². The number of anilines is 1. The zero-order valence-electron chi connectivity index (χ0n) is 15.7. The Morgan fingerprint density at radius 3 is 2.44 bits per heavy atom. The molecule has 146 valence electrons. The highest BCUT2D eigenvalue weighted by molar-refractivity contribution is 7.99. The summed E-state index contributed by atoms with van der Waals surface area (Å²) in [6.45, 7) is 4.89. The first-order valence-electron chi connectivity index (χ1n) is 8.67. The number of halogens is 1. The van der Waals surface area contributed by atoms with Crippen molar-refractivity contribution in [1.82, 2.24) is 0 Å². The second-order valence-electron chi connectivity index (χ2n) is 5.52. The lowest BCUT2D eigenvalue weighted by molar-refractivity contribution is -0.113. The van der Waals surface area contributed by atoms with Crippen LogP contribution >= 0.6 is 23.4 Å². The Hall–Kier alpha value is -2.05. The maximum atomic E-state index is 12.2. The lowest BCUT2D eigenvalue weighted by Crippen LogP contribution is -2.14. The lowest BCUT2D eigenvalue weighted by atomic mass is 10.2. The maximum Gasteiger partial charge on any atom is 0.234 e. The average molecular weight is 410 g/mol. The van der Waals surface area contributed by atoms with Crippen molar-refractivity contribution in [1.29, 1.82) is 0 Å². The molecule has 0 aliphatic carbocycles. The fourth-order valence-corrected chi connectivity index (χ4v) is 3.44. The number of carbonyl (C=O) groups excluding carboxylic acids is 1. The largest absolute Gasteiger partial charge is 0.496 e. The van der Waals surface area contributed by atoms with Crippen molar-refractivity contribution in [3.8, 4) is 17.2 Å². The summed E-state index contributed by atoms with van der Waals surface area (Å²) in [6, 6.07) is 10.8. The van der Waals surface area contributed by atoms with Crippen LogP contribution in [-0.4, -0.2) is 32.0 Å². The Labute approximate surface area is 169 Å². The second kappa shape index (κ2) is 10.9. The number of hydrogen-bond donors (Lipinski definition) is 1. The van der Waals surface area contributed by atoms with Crippen molar-refractivity contribution < 1.29 is 19.0 Å². The van der Waals surface area contributed by atoms with E-state index < -0.39 is 0 Å². The first-order valence-corrected chi connectivity index (χ1v) is 10.2. The van der Waals surface area contributed by atoms with Gasteiger partial charge in [-0.15, -0.1) is 11.8 Å². The van der Waals surface area contributed by atoms with E-state index >= 15 is 0 Å². The van der Waals surface area contributed by atoms with Crippen LogP contribution in [0.4, 0.5) is 5.69 Å². The van der Waals surface area contributed by atoms with Crippen molar-refractivity contribution in [2.75, 3.05) is 31.4 Å². The van der Waals surface area contributed by atoms with Crippen molar-refractivity contribution in [2.24, 2.45) is 0 Å². The van der Waals surface area contributed by atoms with E-state index in [0.29, 0.717) is 46.9 Å². The maximum absolute atomic E-state index is 12.2. The molecule has 0 aromatic heterocycles. The normalized spacial score (nSPS) is 10.4. The molecule has 0 aliphatic rings. The molecule has 0 saturated heterocycles. The minimum absolute atomic E-state index is 0.0902. The molecule has 0 aliphatic heterocycles. The van der Waals surface area contributed by atoms with Gasteiger partial charge in [0.25, 0.3) is 0 Å². The number of nitrogens with one attached hydrogen (secondary N) is 1. The molecule has 0 bridgehead atoms. The number of rotatable bonds is 10. The van der Waals surface area contributed by atoms with Gasteiger partial charge in [0, 0.05) is 28.1 Å². The first kappa shape index (κ1) is 21.3. The molecule has 2 aromatic carbocycles. The van der Waals surface area contributed by atoms with Crippen LogP contribution in [0.5, 0.6) is 17.2 Å². The third-order valence-electron chi connectivity index (χ3n) is 3.56. The molecule has 0 spiro atoms. The minimum atomic E-state index is -0.0902. The number of methoxy groups -OCH3 is 1. The van der Waals surface area contributed by atoms with Crippen LogP contribution in [0.1, 0.15) is 19.4 Å². The third kappa shape index (κ3) is 6.56. The minimum Gasteiger partial charge on any atom is -0.496 e. The van der Waals surface area contributed by atoms with E-state index in [0.717, 1.165) is 11.3 Å². The van der Waals surface area contributed by atoms with Gasteiger partial charge < -0.3 is 19.5 Å². The number of thioether (sulfide) groups is 1. The summed E-state index contributed by atoms with van der Waals surface area (Å²) in [4.78, 5) is 12.2. The number of hydrogen-bond acceptors (Lipinski definition) is 5. The SMILES string of the molecule is CCOc1ccc(NC(=O)CSCc2cc(Cl)ccc2OC)cc1OCC. The number of amides is 1. The van der Waals surface area contributed by atoms with Crippen LogP contribution in [0, 0.1) is 0 Å². The molecule has 7 heteroatoms. The summed E-state index contributed by atoms with van der Waals surface area (Å²) in [5, 5.41) is 3.53. The molecule has 0 heterocycles. The molecule has 0 radical (unpaired) electrons. The predicted molar refractivity (Wildman–Crippen MR) is 112 cm³/mol. The van der Waals surface area contributed by atoms with E-state index in [2.05, 4.69) is 5.32 Å². The fourth-order valence-electron chi connectivity index (χ4n) is 2.44. The molecular formula is C20H24ClNO4S. The highest BCUT2D eigenvalue weighted by Gasteiger charge is 2.10. The van der Waals surface area contributed by atoms with Crippen LogP contribution in [0.25, 0.3) is 0 Å². The van der Waals surface area contributed by atoms with Gasteiger partial charge in [-0.1, -0.05) is 11.6 Å². The van der Waals surface area contributed by atoms with Crippen LogP contribution in [-0.2, 0) is 10.5 Å². The lowest BCUT2D eigenvalue weighted by Gasteiger charge is -2.13. The Bertz CT molecular complexity index is 770. The Morgan fingerprint density at radius 2 is 1.74 bits per heavy atom. The molecule has 0 unspecified atom stereocenters. The summed E-state index contributed by atoms with van der Waals surface area (Å²) in [7, 11) is 1.62. The highest BCUT2D eigenvalue weighted by Crippen LogP contribution is 2.31. The second-order valence-corrected chi connectivity index (χ2v) is 6.95. The molecule has 1 N–H and O–H groups in total. The molecule has 27 heavy (non-hydrogen) atoms. The molecule has 5 nitrogen and oxygen atoms in total. The fraction of sp³-hybridized carbons (Fsp3) is 0.350. The van der Waals surface area contributed by atoms with Gasteiger partial charge in [0.2, 0.25) is 5.91 Å². The molecule has 0 atom stereocenters. The van der Waals surface area contributed by atoms with Crippen molar-refractivity contribution in [3.05, 3.63) is 47.0 Å². The molecule has 1 amide bonds. The van der Waals surface area contributed by atoms with Gasteiger partial charge in [-0.3, -0.25) is 4.79 Å². The van der Waals surface area contributed by atoms with Gasteiger partial charge in [-0.25, -0.2) is 0 Å². The number of benzene rings is 2. The van der Waals surface area contributed by atoms with Gasteiger partial charge in [-0.2, -0.15) is 0 Å². The van der Waals surface area contributed by atoms with E-state index in [1.165, 1.54) is 11.8 Å². The van der Waals surface area contributed by atoms with Gasteiger partial charge in [0.05, 0.1) is 26.1 Å². The monoisotopic (exact) mass is 409 g/mol. The molecule has 0 saturated carbocycles. The van der Waals surface area contributed by atoms with Crippen LogP contribution in [0.3, 0.4) is 0 Å². The predicted octanol–water partition coefficient (Wildman–Crippen LogP) is 5.02. The first-order chi connectivity index (χ1) is 13.1. The van der Waals surface area contributed by atoms with Crippen LogP contribution < -0.4 is 19.5 Å². The summed E-state index contributed by atoms with van der Waals surface area (Å²) >= 11 is 7.52. The Kier molecular flexibility index (Phi) is 8.61. The van der Waals surface area contributed by atoms with Crippen molar-refractivity contribution in [2.45, 2.75) is 19.6 Å². The molecular weight excluding hydrogens is 386 g/mol. The third-order valence-corrected chi connectivity index (χ3v) is 4.78. The summed E-state index contributed by atoms with van der Waals surface area (Å²) < 4.78 is 16.4. The molecule has 2 aromatic rings. The summed E-state index contributed by atoms with van der Waals surface area (Å²) in [5.74, 6) is 2.90. The number of carbonyl (C=O) groups is 1. The Morgan fingerprint density at radius 1 is 1.04 bits per heavy atom.